The largest absolute Gasteiger partial charge is 0.323 e. The number of rotatable bonds is 3. The predicted molar refractivity (Wildman–Crippen MR) is 86.4 cm³/mol. The van der Waals surface area contributed by atoms with Gasteiger partial charge in [-0.05, 0) is 36.4 Å². The maximum Gasteiger partial charge on any atom is 0.257 e. The Morgan fingerprint density at radius 1 is 1.10 bits per heavy atom. The minimum atomic E-state index is -0.361. The fourth-order valence-corrected chi connectivity index (χ4v) is 2.31. The normalized spacial score (nSPS) is 10.2. The van der Waals surface area contributed by atoms with Gasteiger partial charge in [0.1, 0.15) is 0 Å². The number of benzene rings is 2. The summed E-state index contributed by atoms with van der Waals surface area (Å²) in [6.45, 7) is 0. The number of hydrogen-bond acceptors (Lipinski definition) is 3. The fraction of sp³-hybridized carbons (Fsp3) is 0. The van der Waals surface area contributed by atoms with Crippen LogP contribution < -0.4 is 16.6 Å². The van der Waals surface area contributed by atoms with E-state index < -0.39 is 0 Å². The third-order valence-electron chi connectivity index (χ3n) is 2.56. The van der Waals surface area contributed by atoms with Crippen molar-refractivity contribution in [1.82, 2.24) is 0 Å². The van der Waals surface area contributed by atoms with Gasteiger partial charge in [-0.2, -0.15) is 0 Å². The van der Waals surface area contributed by atoms with Gasteiger partial charge in [0.25, 0.3) is 5.91 Å². The van der Waals surface area contributed by atoms with Crippen LogP contribution in [0.3, 0.4) is 0 Å². The number of anilines is 2. The van der Waals surface area contributed by atoms with Crippen molar-refractivity contribution in [3.8, 4) is 0 Å². The molecule has 0 spiro atoms. The van der Waals surface area contributed by atoms with Crippen LogP contribution in [0.5, 0.6) is 0 Å². The summed E-state index contributed by atoms with van der Waals surface area (Å²) in [6.07, 6.45) is 0. The molecule has 0 bridgehead atoms. The molecule has 0 aliphatic carbocycles. The molecule has 0 fully saturated rings. The van der Waals surface area contributed by atoms with Crippen LogP contribution in [0.2, 0.25) is 10.0 Å². The van der Waals surface area contributed by atoms with Gasteiger partial charge in [-0.1, -0.05) is 39.1 Å². The third-order valence-corrected chi connectivity index (χ3v) is 3.62. The highest BCUT2D eigenvalue weighted by Crippen LogP contribution is 2.27. The molecule has 4 N–H and O–H groups in total. The minimum absolute atomic E-state index is 0.330. The van der Waals surface area contributed by atoms with Crippen LogP contribution in [-0.4, -0.2) is 5.91 Å². The van der Waals surface area contributed by atoms with Gasteiger partial charge in [0.15, 0.2) is 0 Å². The van der Waals surface area contributed by atoms with Crippen LogP contribution in [0, 0.1) is 0 Å². The Kier molecular flexibility index (Phi) is 4.88. The fourth-order valence-electron chi connectivity index (χ4n) is 1.61. The van der Waals surface area contributed by atoms with E-state index in [1.165, 1.54) is 6.07 Å². The SMILES string of the molecule is NNc1ccc(Cl)cc1C(=O)Nc1cc(Br)ccc1Cl. The summed E-state index contributed by atoms with van der Waals surface area (Å²) in [4.78, 5) is 12.3. The predicted octanol–water partition coefficient (Wildman–Crippen LogP) is 4.29. The number of nitrogens with two attached hydrogens (primary N) is 1. The average molecular weight is 375 g/mol. The number of hydrogen-bond donors (Lipinski definition) is 3. The minimum Gasteiger partial charge on any atom is -0.323 e. The lowest BCUT2D eigenvalue weighted by Crippen LogP contribution is -2.17. The van der Waals surface area contributed by atoms with Crippen molar-refractivity contribution in [2.45, 2.75) is 0 Å². The molecule has 0 aliphatic rings. The maximum absolute atomic E-state index is 12.3. The van der Waals surface area contributed by atoms with Crippen molar-refractivity contribution in [3.05, 3.63) is 56.5 Å². The van der Waals surface area contributed by atoms with Crippen molar-refractivity contribution < 1.29 is 4.79 Å². The Morgan fingerprint density at radius 3 is 2.55 bits per heavy atom. The molecule has 0 saturated heterocycles. The second kappa shape index (κ2) is 6.45. The first-order valence-corrected chi connectivity index (χ1v) is 7.08. The van der Waals surface area contributed by atoms with E-state index in [0.29, 0.717) is 27.0 Å². The molecule has 4 nitrogen and oxygen atoms in total. The first-order valence-electron chi connectivity index (χ1n) is 5.54. The van der Waals surface area contributed by atoms with Gasteiger partial charge in [-0.25, -0.2) is 0 Å². The van der Waals surface area contributed by atoms with Crippen LogP contribution in [0.15, 0.2) is 40.9 Å². The van der Waals surface area contributed by atoms with E-state index >= 15 is 0 Å². The molecule has 0 aromatic heterocycles. The highest BCUT2D eigenvalue weighted by molar-refractivity contribution is 9.10. The van der Waals surface area contributed by atoms with E-state index in [2.05, 4.69) is 26.7 Å². The van der Waals surface area contributed by atoms with Gasteiger partial charge < -0.3 is 10.7 Å². The van der Waals surface area contributed by atoms with E-state index in [1.54, 1.807) is 30.3 Å². The zero-order chi connectivity index (χ0) is 14.7. The van der Waals surface area contributed by atoms with Crippen LogP contribution in [0.25, 0.3) is 0 Å². The number of carbonyl (C=O) groups excluding carboxylic acids is 1. The lowest BCUT2D eigenvalue weighted by atomic mass is 10.1. The van der Waals surface area contributed by atoms with Gasteiger partial charge in [0.05, 0.1) is 22.0 Å². The van der Waals surface area contributed by atoms with Gasteiger partial charge in [0, 0.05) is 9.50 Å². The van der Waals surface area contributed by atoms with Crippen LogP contribution in [0.1, 0.15) is 10.4 Å². The highest BCUT2D eigenvalue weighted by atomic mass is 79.9. The number of amides is 1. The van der Waals surface area contributed by atoms with E-state index in [4.69, 9.17) is 29.0 Å². The Bertz CT molecular complexity index is 664. The number of carbonyl (C=O) groups is 1. The average Bonchev–Trinajstić information content (AvgIpc) is 2.42. The third kappa shape index (κ3) is 3.43. The van der Waals surface area contributed by atoms with Crippen LogP contribution in [0.4, 0.5) is 11.4 Å². The summed E-state index contributed by atoms with van der Waals surface area (Å²) in [6, 6.07) is 9.96. The summed E-state index contributed by atoms with van der Waals surface area (Å²) in [7, 11) is 0. The van der Waals surface area contributed by atoms with Gasteiger partial charge >= 0.3 is 0 Å². The van der Waals surface area contributed by atoms with E-state index in [-0.39, 0.29) is 5.91 Å². The Balaban J connectivity index is 2.32. The van der Waals surface area contributed by atoms with Crippen molar-refractivity contribution in [3.63, 3.8) is 0 Å². The molecule has 0 atom stereocenters. The molecule has 1 amide bonds. The van der Waals surface area contributed by atoms with Crippen molar-refractivity contribution in [2.24, 2.45) is 5.84 Å². The molecule has 2 aromatic rings. The molecule has 0 aliphatic heterocycles. The van der Waals surface area contributed by atoms with E-state index in [1.807, 2.05) is 0 Å². The van der Waals surface area contributed by atoms with Crippen LogP contribution >= 0.6 is 39.1 Å². The lowest BCUT2D eigenvalue weighted by molar-refractivity contribution is 0.102. The Labute approximate surface area is 134 Å². The molecule has 0 saturated carbocycles. The number of halogens is 3. The molecule has 0 unspecified atom stereocenters. The molecular formula is C13H10BrCl2N3O. The summed E-state index contributed by atoms with van der Waals surface area (Å²) in [5.74, 6) is 5.02. The summed E-state index contributed by atoms with van der Waals surface area (Å²) in [5, 5.41) is 3.59. The lowest BCUT2D eigenvalue weighted by Gasteiger charge is -2.11. The molecule has 104 valence electrons. The summed E-state index contributed by atoms with van der Waals surface area (Å²) in [5.41, 5.74) is 3.75. The molecular weight excluding hydrogens is 365 g/mol. The molecule has 0 radical (unpaired) electrons. The van der Waals surface area contributed by atoms with Crippen molar-refractivity contribution >= 4 is 56.4 Å². The van der Waals surface area contributed by atoms with E-state index in [9.17, 15) is 4.79 Å². The molecule has 20 heavy (non-hydrogen) atoms. The van der Waals surface area contributed by atoms with Gasteiger partial charge in [-0.3, -0.25) is 10.6 Å². The number of hydrazine groups is 1. The maximum atomic E-state index is 12.3. The first kappa shape index (κ1) is 15.1. The van der Waals surface area contributed by atoms with E-state index in [0.717, 1.165) is 4.47 Å². The molecule has 2 rings (SSSR count). The van der Waals surface area contributed by atoms with Crippen LogP contribution in [-0.2, 0) is 0 Å². The zero-order valence-electron chi connectivity index (χ0n) is 10.1. The second-order valence-electron chi connectivity index (χ2n) is 3.91. The number of nitrogen functional groups attached to an aromatic ring is 1. The van der Waals surface area contributed by atoms with Gasteiger partial charge in [-0.15, -0.1) is 0 Å². The highest BCUT2D eigenvalue weighted by Gasteiger charge is 2.13. The Hall–Kier alpha value is -1.27. The quantitative estimate of drug-likeness (QED) is 0.554. The number of nitrogens with one attached hydrogen (secondary N) is 2. The first-order chi connectivity index (χ1) is 9.51. The Morgan fingerprint density at radius 2 is 1.85 bits per heavy atom. The standard InChI is InChI=1S/C13H10BrCl2N3O/c14-7-1-3-10(16)12(5-7)18-13(20)9-6-8(15)2-4-11(9)19-17/h1-6,19H,17H2,(H,18,20). The van der Waals surface area contributed by atoms with Crippen molar-refractivity contribution in [1.29, 1.82) is 0 Å². The topological polar surface area (TPSA) is 67.1 Å². The van der Waals surface area contributed by atoms with Gasteiger partial charge in [0.2, 0.25) is 0 Å². The summed E-state index contributed by atoms with van der Waals surface area (Å²) < 4.78 is 0.806. The molecule has 7 heteroatoms. The second-order valence-corrected chi connectivity index (χ2v) is 5.67. The smallest absolute Gasteiger partial charge is 0.257 e. The zero-order valence-corrected chi connectivity index (χ0v) is 13.2. The summed E-state index contributed by atoms with van der Waals surface area (Å²) >= 11 is 15.2. The molecule has 0 heterocycles. The monoisotopic (exact) mass is 373 g/mol. The molecule has 2 aromatic carbocycles. The van der Waals surface area contributed by atoms with Crippen molar-refractivity contribution in [2.75, 3.05) is 10.7 Å².